The zero-order valence-corrected chi connectivity index (χ0v) is 20.0. The largest absolute Gasteiger partial charge is 0.486 e. The molecule has 2 amide bonds. The summed E-state index contributed by atoms with van der Waals surface area (Å²) in [6.07, 6.45) is 3.80. The molecule has 0 unspecified atom stereocenters. The quantitative estimate of drug-likeness (QED) is 0.307. The summed E-state index contributed by atoms with van der Waals surface area (Å²) in [4.78, 5) is 29.8. The number of hydrazine groups is 1. The van der Waals surface area contributed by atoms with Crippen molar-refractivity contribution in [1.29, 1.82) is 0 Å². The van der Waals surface area contributed by atoms with E-state index in [1.165, 1.54) is 6.07 Å². The average Bonchev–Trinajstić information content (AvgIpc) is 3.58. The van der Waals surface area contributed by atoms with Crippen molar-refractivity contribution < 1.29 is 23.5 Å². The van der Waals surface area contributed by atoms with E-state index >= 15 is 0 Å². The summed E-state index contributed by atoms with van der Waals surface area (Å²) in [6.45, 7) is 2.33. The maximum absolute atomic E-state index is 12.8. The lowest BCUT2D eigenvalue weighted by Gasteiger charge is -2.11. The number of para-hydroxylation sites is 2. The number of pyridine rings is 1. The summed E-state index contributed by atoms with van der Waals surface area (Å²) >= 11 is 0. The summed E-state index contributed by atoms with van der Waals surface area (Å²) in [7, 11) is 0. The van der Waals surface area contributed by atoms with Gasteiger partial charge in [0.05, 0.1) is 11.3 Å². The molecule has 2 aromatic carbocycles. The molecule has 0 saturated heterocycles. The Hall–Kier alpha value is -5.05. The highest BCUT2D eigenvalue weighted by Crippen LogP contribution is 2.20. The molecule has 0 fully saturated rings. The van der Waals surface area contributed by atoms with Crippen molar-refractivity contribution >= 4 is 17.5 Å². The van der Waals surface area contributed by atoms with Crippen LogP contribution < -0.4 is 20.3 Å². The Morgan fingerprint density at radius 2 is 1.65 bits per heavy atom. The van der Waals surface area contributed by atoms with E-state index in [1.54, 1.807) is 30.3 Å². The molecular weight excluding hydrogens is 472 g/mol. The number of aromatic nitrogens is 2. The third-order valence-electron chi connectivity index (χ3n) is 5.53. The number of amides is 2. The van der Waals surface area contributed by atoms with Crippen LogP contribution in [-0.4, -0.2) is 21.2 Å². The Labute approximate surface area is 212 Å². The summed E-state index contributed by atoms with van der Waals surface area (Å²) in [5.74, 6) is 0.433. The molecule has 0 aliphatic carbocycles. The first-order chi connectivity index (χ1) is 18.1. The average molecular weight is 497 g/mol. The normalized spacial score (nSPS) is 10.7. The smallest absolute Gasteiger partial charge is 0.305 e. The molecular formula is C28H24N4O5. The van der Waals surface area contributed by atoms with Gasteiger partial charge in [-0.1, -0.05) is 36.4 Å². The number of rotatable bonds is 8. The molecule has 0 radical (unpaired) electrons. The number of aryl methyl sites for hydroxylation is 1. The van der Waals surface area contributed by atoms with Gasteiger partial charge in [-0.05, 0) is 55.0 Å². The van der Waals surface area contributed by atoms with Gasteiger partial charge in [-0.2, -0.15) is 0 Å². The number of benzene rings is 2. The summed E-state index contributed by atoms with van der Waals surface area (Å²) in [5, 5.41) is 0. The third kappa shape index (κ3) is 5.62. The second kappa shape index (κ2) is 10.7. The minimum Gasteiger partial charge on any atom is -0.486 e. The van der Waals surface area contributed by atoms with Crippen molar-refractivity contribution in [3.8, 4) is 11.5 Å². The standard InChI is InChI=1S/C28H24N4O5/c1-19-8-7-15-32-16-20(29-26(19)32)17-36-24-12-6-5-11-23(24)27(33)30-31-28(34)25-14-13-22(37-25)18-35-21-9-3-2-4-10-21/h2-16H,17-18H2,1H3,(H,30,33)(H,31,34). The number of ether oxygens (including phenoxy) is 2. The Balaban J connectivity index is 1.17. The van der Waals surface area contributed by atoms with Crippen molar-refractivity contribution in [2.45, 2.75) is 20.1 Å². The monoisotopic (exact) mass is 496 g/mol. The lowest BCUT2D eigenvalue weighted by molar-refractivity contribution is 0.0826. The van der Waals surface area contributed by atoms with Crippen LogP contribution in [0.5, 0.6) is 11.5 Å². The van der Waals surface area contributed by atoms with Crippen LogP contribution in [0.15, 0.2) is 95.7 Å². The van der Waals surface area contributed by atoms with Gasteiger partial charge in [0, 0.05) is 12.4 Å². The maximum atomic E-state index is 12.8. The zero-order valence-electron chi connectivity index (χ0n) is 20.0. The van der Waals surface area contributed by atoms with E-state index < -0.39 is 11.8 Å². The Bertz CT molecular complexity index is 1540. The molecule has 0 saturated carbocycles. The number of furan rings is 1. The van der Waals surface area contributed by atoms with E-state index in [1.807, 2.05) is 66.2 Å². The van der Waals surface area contributed by atoms with Crippen LogP contribution >= 0.6 is 0 Å². The van der Waals surface area contributed by atoms with Crippen molar-refractivity contribution in [1.82, 2.24) is 20.2 Å². The predicted octanol–water partition coefficient (Wildman–Crippen LogP) is 4.47. The first-order valence-corrected chi connectivity index (χ1v) is 11.6. The molecule has 9 heteroatoms. The maximum Gasteiger partial charge on any atom is 0.305 e. The Morgan fingerprint density at radius 1 is 0.865 bits per heavy atom. The van der Waals surface area contributed by atoms with Crippen LogP contribution in [0.1, 0.15) is 37.9 Å². The van der Waals surface area contributed by atoms with Crippen LogP contribution in [0.2, 0.25) is 0 Å². The highest BCUT2D eigenvalue weighted by atomic mass is 16.5. The minimum absolute atomic E-state index is 0.0404. The fraction of sp³-hybridized carbons (Fsp3) is 0.107. The van der Waals surface area contributed by atoms with Gasteiger partial charge in [0.25, 0.3) is 5.91 Å². The molecule has 9 nitrogen and oxygen atoms in total. The molecule has 5 aromatic rings. The topological polar surface area (TPSA) is 107 Å². The molecule has 3 aromatic heterocycles. The van der Waals surface area contributed by atoms with E-state index in [2.05, 4.69) is 15.8 Å². The highest BCUT2D eigenvalue weighted by molar-refractivity contribution is 5.99. The molecule has 2 N–H and O–H groups in total. The second-order valence-electron chi connectivity index (χ2n) is 8.22. The first-order valence-electron chi connectivity index (χ1n) is 11.6. The van der Waals surface area contributed by atoms with Crippen LogP contribution in [0.4, 0.5) is 0 Å². The molecule has 0 atom stereocenters. The third-order valence-corrected chi connectivity index (χ3v) is 5.53. The van der Waals surface area contributed by atoms with Crippen LogP contribution in [0.3, 0.4) is 0 Å². The fourth-order valence-electron chi connectivity index (χ4n) is 3.70. The SMILES string of the molecule is Cc1cccn2cc(COc3ccccc3C(=O)NNC(=O)c3ccc(COc4ccccc4)o3)nc12. The van der Waals surface area contributed by atoms with Crippen LogP contribution in [0.25, 0.3) is 5.65 Å². The van der Waals surface area contributed by atoms with E-state index in [-0.39, 0.29) is 24.5 Å². The Kier molecular flexibility index (Phi) is 6.84. The van der Waals surface area contributed by atoms with Crippen molar-refractivity contribution in [3.63, 3.8) is 0 Å². The minimum atomic E-state index is -0.599. The van der Waals surface area contributed by atoms with Gasteiger partial charge in [-0.3, -0.25) is 20.4 Å². The van der Waals surface area contributed by atoms with Crippen molar-refractivity contribution in [2.75, 3.05) is 0 Å². The summed E-state index contributed by atoms with van der Waals surface area (Å²) in [5.41, 5.74) is 7.66. The number of hydrogen-bond donors (Lipinski definition) is 2. The lowest BCUT2D eigenvalue weighted by Crippen LogP contribution is -2.41. The molecule has 0 aliphatic heterocycles. The molecule has 5 rings (SSSR count). The van der Waals surface area contributed by atoms with Gasteiger partial charge in [0.1, 0.15) is 36.1 Å². The summed E-state index contributed by atoms with van der Waals surface area (Å²) < 4.78 is 19.0. The van der Waals surface area contributed by atoms with Gasteiger partial charge >= 0.3 is 5.91 Å². The number of nitrogens with zero attached hydrogens (tertiary/aromatic N) is 2. The first kappa shape index (κ1) is 23.7. The van der Waals surface area contributed by atoms with Gasteiger partial charge < -0.3 is 18.3 Å². The van der Waals surface area contributed by atoms with Crippen molar-refractivity contribution in [2.24, 2.45) is 0 Å². The van der Waals surface area contributed by atoms with Gasteiger partial charge in [0.2, 0.25) is 0 Å². The zero-order chi connectivity index (χ0) is 25.6. The lowest BCUT2D eigenvalue weighted by atomic mass is 10.2. The molecule has 0 spiro atoms. The number of fused-ring (bicyclic) bond motifs is 1. The fourth-order valence-corrected chi connectivity index (χ4v) is 3.70. The van der Waals surface area contributed by atoms with Gasteiger partial charge in [0.15, 0.2) is 5.76 Å². The molecule has 3 heterocycles. The summed E-state index contributed by atoms with van der Waals surface area (Å²) in [6, 6.07) is 23.1. The van der Waals surface area contributed by atoms with Crippen LogP contribution in [0, 0.1) is 6.92 Å². The van der Waals surface area contributed by atoms with Crippen LogP contribution in [-0.2, 0) is 13.2 Å². The van der Waals surface area contributed by atoms with Crippen molar-refractivity contribution in [3.05, 3.63) is 120 Å². The van der Waals surface area contributed by atoms with E-state index in [9.17, 15) is 9.59 Å². The van der Waals surface area contributed by atoms with E-state index in [0.717, 1.165) is 16.9 Å². The number of carbonyl (C=O) groups excluding carboxylic acids is 2. The van der Waals surface area contributed by atoms with Gasteiger partial charge in [-0.15, -0.1) is 0 Å². The molecule has 0 bridgehead atoms. The predicted molar refractivity (Wildman–Crippen MR) is 135 cm³/mol. The molecule has 37 heavy (non-hydrogen) atoms. The molecule has 0 aliphatic rings. The number of carbonyl (C=O) groups is 2. The highest BCUT2D eigenvalue weighted by Gasteiger charge is 2.16. The number of nitrogens with one attached hydrogen (secondary N) is 2. The Morgan fingerprint density at radius 3 is 2.49 bits per heavy atom. The van der Waals surface area contributed by atoms with E-state index in [0.29, 0.717) is 17.3 Å². The number of imidazole rings is 1. The van der Waals surface area contributed by atoms with Gasteiger partial charge in [-0.25, -0.2) is 4.98 Å². The number of hydrogen-bond acceptors (Lipinski definition) is 6. The second-order valence-corrected chi connectivity index (χ2v) is 8.22. The van der Waals surface area contributed by atoms with E-state index in [4.69, 9.17) is 13.9 Å². The molecule has 186 valence electrons.